The molecule has 0 fully saturated rings. The maximum Gasteiger partial charge on any atom is 0.101 e. The molecule has 0 bridgehead atoms. The van der Waals surface area contributed by atoms with Crippen LogP contribution in [0.4, 0.5) is 5.69 Å². The van der Waals surface area contributed by atoms with E-state index in [4.69, 9.17) is 5.26 Å². The summed E-state index contributed by atoms with van der Waals surface area (Å²) < 4.78 is 0.178. The van der Waals surface area contributed by atoms with Crippen molar-refractivity contribution in [2.75, 3.05) is 18.1 Å². The van der Waals surface area contributed by atoms with E-state index in [1.807, 2.05) is 36.9 Å². The van der Waals surface area contributed by atoms with Crippen molar-refractivity contribution in [3.63, 3.8) is 0 Å². The Morgan fingerprint density at radius 2 is 2.12 bits per heavy atom. The zero-order valence-corrected chi connectivity index (χ0v) is 11.1. The summed E-state index contributed by atoms with van der Waals surface area (Å²) in [6.07, 6.45) is 2.10. The summed E-state index contributed by atoms with van der Waals surface area (Å²) in [5.41, 5.74) is 2.76. The van der Waals surface area contributed by atoms with Crippen LogP contribution in [0.15, 0.2) is 18.2 Å². The standard InChI is InChI=1S/C13H18N2S/c1-10-5-6-12(11(7-10)8-14)15-9-13(2,3)16-4/h5-7,15H,9H2,1-4H3. The molecular formula is C13H18N2S. The summed E-state index contributed by atoms with van der Waals surface area (Å²) >= 11 is 1.82. The molecule has 0 saturated carbocycles. The molecule has 0 aliphatic rings. The van der Waals surface area contributed by atoms with Gasteiger partial charge in [-0.2, -0.15) is 17.0 Å². The highest BCUT2D eigenvalue weighted by Crippen LogP contribution is 2.23. The molecule has 0 unspecified atom stereocenters. The number of nitriles is 1. The average Bonchev–Trinajstić information content (AvgIpc) is 2.27. The fourth-order valence-electron chi connectivity index (χ4n) is 1.28. The quantitative estimate of drug-likeness (QED) is 0.867. The molecule has 86 valence electrons. The normalized spacial score (nSPS) is 10.9. The molecule has 1 rings (SSSR count). The minimum atomic E-state index is 0.178. The molecule has 1 aromatic carbocycles. The van der Waals surface area contributed by atoms with Crippen molar-refractivity contribution in [2.24, 2.45) is 0 Å². The van der Waals surface area contributed by atoms with Crippen LogP contribution in [0.3, 0.4) is 0 Å². The predicted molar refractivity (Wildman–Crippen MR) is 72.0 cm³/mol. The number of thioether (sulfide) groups is 1. The first-order valence-corrected chi connectivity index (χ1v) is 6.51. The van der Waals surface area contributed by atoms with Gasteiger partial charge in [0.25, 0.3) is 0 Å². The van der Waals surface area contributed by atoms with E-state index in [0.717, 1.165) is 23.4 Å². The van der Waals surface area contributed by atoms with Gasteiger partial charge in [0.15, 0.2) is 0 Å². The largest absolute Gasteiger partial charge is 0.383 e. The van der Waals surface area contributed by atoms with E-state index < -0.39 is 0 Å². The lowest BCUT2D eigenvalue weighted by Gasteiger charge is -2.23. The monoisotopic (exact) mass is 234 g/mol. The zero-order chi connectivity index (χ0) is 12.2. The summed E-state index contributed by atoms with van der Waals surface area (Å²) in [6, 6.07) is 8.13. The third-order valence-electron chi connectivity index (χ3n) is 2.55. The highest BCUT2D eigenvalue weighted by molar-refractivity contribution is 7.99. The molecule has 1 N–H and O–H groups in total. The minimum Gasteiger partial charge on any atom is -0.383 e. The molecule has 0 spiro atoms. The van der Waals surface area contributed by atoms with Crippen molar-refractivity contribution in [3.05, 3.63) is 29.3 Å². The van der Waals surface area contributed by atoms with E-state index >= 15 is 0 Å². The van der Waals surface area contributed by atoms with Gasteiger partial charge < -0.3 is 5.32 Å². The van der Waals surface area contributed by atoms with Crippen LogP contribution in [-0.2, 0) is 0 Å². The first kappa shape index (κ1) is 12.9. The molecule has 0 atom stereocenters. The Hall–Kier alpha value is -1.14. The molecule has 2 nitrogen and oxygen atoms in total. The molecule has 0 aliphatic carbocycles. The molecule has 0 saturated heterocycles. The second-order valence-corrected chi connectivity index (χ2v) is 5.99. The van der Waals surface area contributed by atoms with Gasteiger partial charge >= 0.3 is 0 Å². The summed E-state index contributed by atoms with van der Waals surface area (Å²) in [6.45, 7) is 7.22. The summed E-state index contributed by atoms with van der Waals surface area (Å²) in [4.78, 5) is 0. The molecule has 0 aliphatic heterocycles. The Kier molecular flexibility index (Phi) is 4.26. The van der Waals surface area contributed by atoms with E-state index in [0.29, 0.717) is 0 Å². The predicted octanol–water partition coefficient (Wildman–Crippen LogP) is 3.42. The Morgan fingerprint density at radius 1 is 1.44 bits per heavy atom. The molecular weight excluding hydrogens is 216 g/mol. The van der Waals surface area contributed by atoms with E-state index in [-0.39, 0.29) is 4.75 Å². The van der Waals surface area contributed by atoms with Gasteiger partial charge in [-0.25, -0.2) is 0 Å². The van der Waals surface area contributed by atoms with E-state index in [9.17, 15) is 0 Å². The third-order valence-corrected chi connectivity index (χ3v) is 3.80. The van der Waals surface area contributed by atoms with Gasteiger partial charge in [0.2, 0.25) is 0 Å². The van der Waals surface area contributed by atoms with Crippen molar-refractivity contribution in [2.45, 2.75) is 25.5 Å². The zero-order valence-electron chi connectivity index (χ0n) is 10.3. The average molecular weight is 234 g/mol. The van der Waals surface area contributed by atoms with Crippen LogP contribution in [0.1, 0.15) is 25.0 Å². The van der Waals surface area contributed by atoms with E-state index in [2.05, 4.69) is 31.5 Å². The number of hydrogen-bond donors (Lipinski definition) is 1. The highest BCUT2D eigenvalue weighted by atomic mass is 32.2. The number of anilines is 1. The first-order valence-electron chi connectivity index (χ1n) is 5.28. The lowest BCUT2D eigenvalue weighted by molar-refractivity contribution is 0.752. The van der Waals surface area contributed by atoms with Gasteiger partial charge in [-0.1, -0.05) is 6.07 Å². The van der Waals surface area contributed by atoms with Gasteiger partial charge in [0, 0.05) is 11.3 Å². The Bertz CT molecular complexity index is 405. The van der Waals surface area contributed by atoms with Crippen molar-refractivity contribution in [3.8, 4) is 6.07 Å². The number of benzene rings is 1. The van der Waals surface area contributed by atoms with Crippen molar-refractivity contribution in [1.29, 1.82) is 5.26 Å². The van der Waals surface area contributed by atoms with Gasteiger partial charge in [0.05, 0.1) is 11.3 Å². The van der Waals surface area contributed by atoms with Crippen molar-refractivity contribution in [1.82, 2.24) is 0 Å². The first-order chi connectivity index (χ1) is 7.48. The SMILES string of the molecule is CSC(C)(C)CNc1ccc(C)cc1C#N. The smallest absolute Gasteiger partial charge is 0.101 e. The molecule has 0 radical (unpaired) electrons. The number of nitrogens with zero attached hydrogens (tertiary/aromatic N) is 1. The van der Waals surface area contributed by atoms with Crippen molar-refractivity contribution >= 4 is 17.4 Å². The van der Waals surface area contributed by atoms with Gasteiger partial charge in [-0.3, -0.25) is 0 Å². The maximum atomic E-state index is 9.03. The number of aryl methyl sites for hydroxylation is 1. The fourth-order valence-corrected chi connectivity index (χ4v) is 1.50. The van der Waals surface area contributed by atoms with Crippen LogP contribution >= 0.6 is 11.8 Å². The van der Waals surface area contributed by atoms with E-state index in [1.165, 1.54) is 0 Å². The number of rotatable bonds is 4. The van der Waals surface area contributed by atoms with Crippen LogP contribution in [0, 0.1) is 18.3 Å². The minimum absolute atomic E-state index is 0.178. The van der Waals surface area contributed by atoms with Crippen LogP contribution in [-0.4, -0.2) is 17.5 Å². The van der Waals surface area contributed by atoms with E-state index in [1.54, 1.807) is 0 Å². The lowest BCUT2D eigenvalue weighted by atomic mass is 10.1. The molecule has 0 amide bonds. The van der Waals surface area contributed by atoms with Gasteiger partial charge in [-0.15, -0.1) is 0 Å². The third kappa shape index (κ3) is 3.46. The second kappa shape index (κ2) is 5.27. The summed E-state index contributed by atoms with van der Waals surface area (Å²) in [7, 11) is 0. The van der Waals surface area contributed by atoms with Gasteiger partial charge in [0.1, 0.15) is 6.07 Å². The van der Waals surface area contributed by atoms with Crippen LogP contribution in [0.2, 0.25) is 0 Å². The summed E-state index contributed by atoms with van der Waals surface area (Å²) in [5.74, 6) is 0. The Labute approximate surface area is 102 Å². The number of nitrogens with one attached hydrogen (secondary N) is 1. The van der Waals surface area contributed by atoms with Crippen LogP contribution in [0.25, 0.3) is 0 Å². The number of hydrogen-bond acceptors (Lipinski definition) is 3. The molecule has 0 aromatic heterocycles. The van der Waals surface area contributed by atoms with Gasteiger partial charge in [-0.05, 0) is 44.7 Å². The molecule has 16 heavy (non-hydrogen) atoms. The molecule has 3 heteroatoms. The van der Waals surface area contributed by atoms with Crippen LogP contribution < -0.4 is 5.32 Å². The van der Waals surface area contributed by atoms with Crippen molar-refractivity contribution < 1.29 is 0 Å². The van der Waals surface area contributed by atoms with Crippen LogP contribution in [0.5, 0.6) is 0 Å². The summed E-state index contributed by atoms with van der Waals surface area (Å²) in [5, 5.41) is 12.4. The maximum absolute atomic E-state index is 9.03. The lowest BCUT2D eigenvalue weighted by Crippen LogP contribution is -2.26. The Morgan fingerprint density at radius 3 is 2.69 bits per heavy atom. The molecule has 1 aromatic rings. The highest BCUT2D eigenvalue weighted by Gasteiger charge is 2.15. The molecule has 0 heterocycles. The Balaban J connectivity index is 2.79. The topological polar surface area (TPSA) is 35.8 Å². The second-order valence-electron chi connectivity index (χ2n) is 4.48. The fraction of sp³-hybridized carbons (Fsp3) is 0.462.